The standard InChI is InChI=1S/C17H18N6O/c24-16(11-13-2-3-14-15(10-13)21-12-20-14)22-6-8-23(9-7-22)17-18-4-1-5-19-17/h1-5,10,12H,6-9,11H2,(H,20,21). The van der Waals surface area contributed by atoms with Crippen molar-refractivity contribution < 1.29 is 4.79 Å². The van der Waals surface area contributed by atoms with Crippen LogP contribution in [-0.4, -0.2) is 56.9 Å². The zero-order valence-corrected chi connectivity index (χ0v) is 13.2. The minimum Gasteiger partial charge on any atom is -0.345 e. The van der Waals surface area contributed by atoms with E-state index in [0.717, 1.165) is 35.6 Å². The molecular formula is C17H18N6O. The molecule has 1 fully saturated rings. The highest BCUT2D eigenvalue weighted by atomic mass is 16.2. The number of aromatic amines is 1. The largest absolute Gasteiger partial charge is 0.345 e. The van der Waals surface area contributed by atoms with Crippen LogP contribution >= 0.6 is 0 Å². The number of carbonyl (C=O) groups excluding carboxylic acids is 1. The Hall–Kier alpha value is -2.96. The average molecular weight is 322 g/mol. The van der Waals surface area contributed by atoms with Crippen LogP contribution < -0.4 is 4.90 Å². The zero-order valence-electron chi connectivity index (χ0n) is 13.2. The van der Waals surface area contributed by atoms with Gasteiger partial charge in [-0.05, 0) is 23.8 Å². The lowest BCUT2D eigenvalue weighted by molar-refractivity contribution is -0.130. The molecule has 1 saturated heterocycles. The van der Waals surface area contributed by atoms with E-state index in [1.54, 1.807) is 24.8 Å². The lowest BCUT2D eigenvalue weighted by Crippen LogP contribution is -2.49. The molecule has 3 aromatic rings. The Morgan fingerprint density at radius 1 is 1.08 bits per heavy atom. The number of anilines is 1. The van der Waals surface area contributed by atoms with Gasteiger partial charge in [0.05, 0.1) is 23.8 Å². The van der Waals surface area contributed by atoms with Crippen LogP contribution in [0.2, 0.25) is 0 Å². The van der Waals surface area contributed by atoms with Crippen LogP contribution in [0.3, 0.4) is 0 Å². The summed E-state index contributed by atoms with van der Waals surface area (Å²) in [4.78, 5) is 32.4. The number of benzene rings is 1. The summed E-state index contributed by atoms with van der Waals surface area (Å²) in [6, 6.07) is 7.71. The number of aromatic nitrogens is 4. The minimum absolute atomic E-state index is 0.155. The number of hydrogen-bond acceptors (Lipinski definition) is 5. The molecule has 0 atom stereocenters. The smallest absolute Gasteiger partial charge is 0.227 e. The third-order valence-electron chi connectivity index (χ3n) is 4.31. The number of piperazine rings is 1. The molecule has 0 bridgehead atoms. The highest BCUT2D eigenvalue weighted by Crippen LogP contribution is 2.14. The fourth-order valence-electron chi connectivity index (χ4n) is 2.99. The van der Waals surface area contributed by atoms with Gasteiger partial charge in [-0.15, -0.1) is 0 Å². The summed E-state index contributed by atoms with van der Waals surface area (Å²) >= 11 is 0. The molecule has 7 nitrogen and oxygen atoms in total. The number of H-pyrrole nitrogens is 1. The topological polar surface area (TPSA) is 78.0 Å². The summed E-state index contributed by atoms with van der Waals surface area (Å²) in [5.74, 6) is 0.886. The maximum absolute atomic E-state index is 12.5. The van der Waals surface area contributed by atoms with Crippen molar-refractivity contribution in [1.29, 1.82) is 0 Å². The SMILES string of the molecule is O=C(Cc1ccc2nc[nH]c2c1)N1CCN(c2ncccn2)CC1. The number of imidazole rings is 1. The molecule has 3 heterocycles. The maximum Gasteiger partial charge on any atom is 0.227 e. The van der Waals surface area contributed by atoms with E-state index in [9.17, 15) is 4.79 Å². The summed E-state index contributed by atoms with van der Waals surface area (Å²) in [5, 5.41) is 0. The molecule has 0 radical (unpaired) electrons. The number of carbonyl (C=O) groups is 1. The van der Waals surface area contributed by atoms with Gasteiger partial charge in [-0.1, -0.05) is 6.07 Å². The van der Waals surface area contributed by atoms with Crippen molar-refractivity contribution in [3.63, 3.8) is 0 Å². The van der Waals surface area contributed by atoms with Gasteiger partial charge in [0.2, 0.25) is 11.9 Å². The number of hydrogen-bond donors (Lipinski definition) is 1. The van der Waals surface area contributed by atoms with Crippen molar-refractivity contribution in [2.45, 2.75) is 6.42 Å². The first kappa shape index (κ1) is 14.6. The van der Waals surface area contributed by atoms with Crippen molar-refractivity contribution >= 4 is 22.9 Å². The van der Waals surface area contributed by atoms with Gasteiger partial charge in [0.1, 0.15) is 0 Å². The number of nitrogens with one attached hydrogen (secondary N) is 1. The van der Waals surface area contributed by atoms with Gasteiger partial charge < -0.3 is 14.8 Å². The first-order valence-electron chi connectivity index (χ1n) is 8.01. The highest BCUT2D eigenvalue weighted by Gasteiger charge is 2.22. The van der Waals surface area contributed by atoms with Crippen LogP contribution in [0.5, 0.6) is 0 Å². The summed E-state index contributed by atoms with van der Waals surface area (Å²) in [6.07, 6.45) is 5.56. The lowest BCUT2D eigenvalue weighted by atomic mass is 10.1. The fraction of sp³-hybridized carbons (Fsp3) is 0.294. The second-order valence-electron chi connectivity index (χ2n) is 5.85. The molecule has 122 valence electrons. The molecule has 1 aliphatic heterocycles. The third-order valence-corrected chi connectivity index (χ3v) is 4.31. The first-order chi connectivity index (χ1) is 11.8. The Morgan fingerprint density at radius 3 is 2.67 bits per heavy atom. The predicted molar refractivity (Wildman–Crippen MR) is 90.6 cm³/mol. The van der Waals surface area contributed by atoms with Crippen molar-refractivity contribution in [1.82, 2.24) is 24.8 Å². The zero-order chi connectivity index (χ0) is 16.4. The Kier molecular flexibility index (Phi) is 3.82. The summed E-state index contributed by atoms with van der Waals surface area (Å²) < 4.78 is 0. The predicted octanol–water partition coefficient (Wildman–Crippen LogP) is 1.24. The average Bonchev–Trinajstić information content (AvgIpc) is 3.10. The molecule has 24 heavy (non-hydrogen) atoms. The number of fused-ring (bicyclic) bond motifs is 1. The van der Waals surface area contributed by atoms with Gasteiger partial charge in [-0.2, -0.15) is 0 Å². The van der Waals surface area contributed by atoms with Crippen molar-refractivity contribution in [2.75, 3.05) is 31.1 Å². The minimum atomic E-state index is 0.155. The van der Waals surface area contributed by atoms with Gasteiger partial charge in [-0.25, -0.2) is 15.0 Å². The molecule has 0 aliphatic carbocycles. The van der Waals surface area contributed by atoms with Gasteiger partial charge in [0.25, 0.3) is 0 Å². The van der Waals surface area contributed by atoms with Gasteiger partial charge in [-0.3, -0.25) is 4.79 Å². The van der Waals surface area contributed by atoms with Crippen LogP contribution in [-0.2, 0) is 11.2 Å². The monoisotopic (exact) mass is 322 g/mol. The number of rotatable bonds is 3. The van der Waals surface area contributed by atoms with E-state index in [2.05, 4.69) is 24.8 Å². The Balaban J connectivity index is 1.37. The fourth-order valence-corrected chi connectivity index (χ4v) is 2.99. The summed E-state index contributed by atoms with van der Waals surface area (Å²) in [6.45, 7) is 2.91. The molecule has 2 aromatic heterocycles. The van der Waals surface area contributed by atoms with Crippen molar-refractivity contribution in [3.05, 3.63) is 48.5 Å². The highest BCUT2D eigenvalue weighted by molar-refractivity contribution is 5.81. The van der Waals surface area contributed by atoms with Crippen molar-refractivity contribution in [2.24, 2.45) is 0 Å². The van der Waals surface area contributed by atoms with Crippen molar-refractivity contribution in [3.8, 4) is 0 Å². The maximum atomic E-state index is 12.5. The molecule has 1 aromatic carbocycles. The normalized spacial score (nSPS) is 15.0. The van der Waals surface area contributed by atoms with Crippen LogP contribution in [0.4, 0.5) is 5.95 Å². The van der Waals surface area contributed by atoms with E-state index in [1.165, 1.54) is 0 Å². The molecule has 1 aliphatic rings. The molecule has 0 saturated carbocycles. The van der Waals surface area contributed by atoms with Crippen LogP contribution in [0.25, 0.3) is 11.0 Å². The Labute approximate surface area is 139 Å². The van der Waals surface area contributed by atoms with E-state index in [1.807, 2.05) is 23.1 Å². The van der Waals surface area contributed by atoms with Gasteiger partial charge in [0.15, 0.2) is 0 Å². The Morgan fingerprint density at radius 2 is 1.88 bits per heavy atom. The molecule has 0 unspecified atom stereocenters. The first-order valence-corrected chi connectivity index (χ1v) is 8.01. The Bertz CT molecular complexity index is 838. The molecular weight excluding hydrogens is 304 g/mol. The quantitative estimate of drug-likeness (QED) is 0.785. The van der Waals surface area contributed by atoms with E-state index >= 15 is 0 Å². The van der Waals surface area contributed by atoms with E-state index in [4.69, 9.17) is 0 Å². The number of amides is 1. The molecule has 7 heteroatoms. The van der Waals surface area contributed by atoms with Gasteiger partial charge >= 0.3 is 0 Å². The van der Waals surface area contributed by atoms with E-state index in [-0.39, 0.29) is 5.91 Å². The van der Waals surface area contributed by atoms with E-state index in [0.29, 0.717) is 19.5 Å². The molecule has 4 rings (SSSR count). The van der Waals surface area contributed by atoms with E-state index < -0.39 is 0 Å². The number of nitrogens with zero attached hydrogens (tertiary/aromatic N) is 5. The summed E-state index contributed by atoms with van der Waals surface area (Å²) in [7, 11) is 0. The van der Waals surface area contributed by atoms with Gasteiger partial charge in [0, 0.05) is 38.6 Å². The van der Waals surface area contributed by atoms with Crippen LogP contribution in [0.15, 0.2) is 43.0 Å². The molecule has 0 spiro atoms. The van der Waals surface area contributed by atoms with Crippen LogP contribution in [0.1, 0.15) is 5.56 Å². The molecule has 1 amide bonds. The van der Waals surface area contributed by atoms with Crippen LogP contribution in [0, 0.1) is 0 Å². The lowest BCUT2D eigenvalue weighted by Gasteiger charge is -2.34. The molecule has 1 N–H and O–H groups in total. The second kappa shape index (κ2) is 6.27. The third kappa shape index (κ3) is 2.92. The second-order valence-corrected chi connectivity index (χ2v) is 5.85. The summed E-state index contributed by atoms with van der Waals surface area (Å²) in [5.41, 5.74) is 2.89.